The molecule has 3 fully saturated rings. The van der Waals surface area contributed by atoms with E-state index in [4.69, 9.17) is 0 Å². The van der Waals surface area contributed by atoms with Crippen LogP contribution >= 0.6 is 7.92 Å². The smallest absolute Gasteiger partial charge is 0.0113 e. The Morgan fingerprint density at radius 1 is 0.360 bits per heavy atom. The predicted octanol–water partition coefficient (Wildman–Crippen LogP) is 8.81. The number of hydrogen-bond donors (Lipinski definition) is 0. The Kier molecular flexibility index (Phi) is 6.96. The van der Waals surface area contributed by atoms with Gasteiger partial charge in [0.15, 0.2) is 0 Å². The van der Waals surface area contributed by atoms with Crippen LogP contribution in [0.3, 0.4) is 0 Å². The Bertz CT molecular complexity index is 327. The molecule has 0 aromatic heterocycles. The maximum Gasteiger partial charge on any atom is -0.0113 e. The first-order valence-corrected chi connectivity index (χ1v) is 13.1. The first-order valence-electron chi connectivity index (χ1n) is 11.8. The van der Waals surface area contributed by atoms with Gasteiger partial charge in [-0.1, -0.05) is 106 Å². The summed E-state index contributed by atoms with van der Waals surface area (Å²) in [6, 6.07) is 0. The highest BCUT2D eigenvalue weighted by atomic mass is 31.1. The third kappa shape index (κ3) is 4.65. The average Bonchev–Trinajstić information content (AvgIpc) is 3.00. The minimum absolute atomic E-state index is 0.0876. The van der Waals surface area contributed by atoms with Gasteiger partial charge in [-0.15, -0.1) is 0 Å². The van der Waals surface area contributed by atoms with Crippen LogP contribution in [0.4, 0.5) is 0 Å². The fourth-order valence-electron chi connectivity index (χ4n) is 7.10. The molecule has 3 aliphatic rings. The van der Waals surface area contributed by atoms with Crippen molar-refractivity contribution in [3.05, 3.63) is 0 Å². The molecular weight excluding hydrogens is 319 g/mol. The van der Waals surface area contributed by atoms with Gasteiger partial charge < -0.3 is 0 Å². The SMILES string of the molecule is CC1(P(C2(C)CCCCCC2)C2(C)CCCCCC2)CCCCCC1. The van der Waals surface area contributed by atoms with Crippen molar-refractivity contribution in [2.75, 3.05) is 0 Å². The van der Waals surface area contributed by atoms with E-state index in [1.54, 1.807) is 38.5 Å². The molecule has 0 saturated heterocycles. The van der Waals surface area contributed by atoms with E-state index in [0.29, 0.717) is 15.5 Å². The van der Waals surface area contributed by atoms with E-state index in [2.05, 4.69) is 20.8 Å². The molecule has 0 heterocycles. The molecule has 0 aromatic rings. The van der Waals surface area contributed by atoms with Crippen LogP contribution in [-0.4, -0.2) is 15.5 Å². The van der Waals surface area contributed by atoms with Crippen molar-refractivity contribution in [3.8, 4) is 0 Å². The van der Waals surface area contributed by atoms with Crippen molar-refractivity contribution < 1.29 is 0 Å². The molecule has 25 heavy (non-hydrogen) atoms. The Hall–Kier alpha value is 0.430. The third-order valence-electron chi connectivity index (χ3n) is 8.16. The fraction of sp³-hybridized carbons (Fsp3) is 1.00. The van der Waals surface area contributed by atoms with Crippen molar-refractivity contribution in [2.24, 2.45) is 0 Å². The van der Waals surface area contributed by atoms with Crippen LogP contribution in [0.5, 0.6) is 0 Å². The average molecular weight is 365 g/mol. The number of hydrogen-bond acceptors (Lipinski definition) is 0. The molecule has 146 valence electrons. The zero-order valence-corrected chi connectivity index (χ0v) is 18.6. The van der Waals surface area contributed by atoms with Crippen LogP contribution in [0.1, 0.15) is 136 Å². The summed E-state index contributed by atoms with van der Waals surface area (Å²) in [5.74, 6) is 0. The lowest BCUT2D eigenvalue weighted by molar-refractivity contribution is 0.441. The van der Waals surface area contributed by atoms with Crippen LogP contribution in [0.25, 0.3) is 0 Å². The van der Waals surface area contributed by atoms with Crippen LogP contribution in [0.2, 0.25) is 0 Å². The van der Waals surface area contributed by atoms with Crippen LogP contribution < -0.4 is 0 Å². The van der Waals surface area contributed by atoms with Crippen molar-refractivity contribution in [3.63, 3.8) is 0 Å². The van der Waals surface area contributed by atoms with Gasteiger partial charge in [0, 0.05) is 0 Å². The van der Waals surface area contributed by atoms with Gasteiger partial charge in [0.05, 0.1) is 0 Å². The van der Waals surface area contributed by atoms with Crippen molar-refractivity contribution >= 4 is 7.92 Å². The van der Waals surface area contributed by atoms with Crippen LogP contribution in [0, 0.1) is 0 Å². The van der Waals surface area contributed by atoms with Gasteiger partial charge in [0.2, 0.25) is 0 Å². The van der Waals surface area contributed by atoms with Crippen molar-refractivity contribution in [2.45, 2.75) is 152 Å². The normalized spacial score (nSPS) is 30.2. The Morgan fingerprint density at radius 2 is 0.560 bits per heavy atom. The quantitative estimate of drug-likeness (QED) is 0.346. The fourth-order valence-corrected chi connectivity index (χ4v) is 13.3. The lowest BCUT2D eigenvalue weighted by Gasteiger charge is -2.57. The van der Waals surface area contributed by atoms with Gasteiger partial charge in [0.25, 0.3) is 0 Å². The molecule has 3 saturated carbocycles. The molecule has 0 bridgehead atoms. The van der Waals surface area contributed by atoms with Crippen LogP contribution in [-0.2, 0) is 0 Å². The minimum Gasteiger partial charge on any atom is -0.0884 e. The van der Waals surface area contributed by atoms with E-state index >= 15 is 0 Å². The lowest BCUT2D eigenvalue weighted by atomic mass is 9.99. The highest BCUT2D eigenvalue weighted by Crippen LogP contribution is 2.75. The molecule has 1 heteroatoms. The number of rotatable bonds is 3. The summed E-state index contributed by atoms with van der Waals surface area (Å²) in [6.07, 6.45) is 27.4. The molecule has 0 unspecified atom stereocenters. The largest absolute Gasteiger partial charge is 0.0884 e. The summed E-state index contributed by atoms with van der Waals surface area (Å²) in [7, 11) is 0.0876. The van der Waals surface area contributed by atoms with E-state index in [1.165, 1.54) is 77.0 Å². The molecule has 0 N–H and O–H groups in total. The Morgan fingerprint density at radius 3 is 0.760 bits per heavy atom. The monoisotopic (exact) mass is 364 g/mol. The van der Waals surface area contributed by atoms with Crippen molar-refractivity contribution in [1.29, 1.82) is 0 Å². The minimum atomic E-state index is 0.0876. The molecule has 3 rings (SSSR count). The first-order chi connectivity index (χ1) is 12.0. The summed E-state index contributed by atoms with van der Waals surface area (Å²) < 4.78 is 0. The highest BCUT2D eigenvalue weighted by molar-refractivity contribution is 7.62. The van der Waals surface area contributed by atoms with E-state index in [-0.39, 0.29) is 7.92 Å². The Labute approximate surface area is 160 Å². The standard InChI is InChI=1S/C24H45P/c1-22(16-10-4-5-11-17-22)25(23(2)18-12-6-7-13-19-23)24(3)20-14-8-9-15-21-24/h4-21H2,1-3H3. The van der Waals surface area contributed by atoms with E-state index in [9.17, 15) is 0 Å². The Balaban J connectivity index is 1.97. The predicted molar refractivity (Wildman–Crippen MR) is 115 cm³/mol. The maximum absolute atomic E-state index is 2.77. The van der Waals surface area contributed by atoms with E-state index in [1.807, 2.05) is 0 Å². The van der Waals surface area contributed by atoms with Crippen molar-refractivity contribution in [1.82, 2.24) is 0 Å². The summed E-state index contributed by atoms with van der Waals surface area (Å²) in [5.41, 5.74) is 0. The van der Waals surface area contributed by atoms with Crippen LogP contribution in [0.15, 0.2) is 0 Å². The molecule has 3 aliphatic carbocycles. The summed E-state index contributed by atoms with van der Waals surface area (Å²) in [6.45, 7) is 8.32. The maximum atomic E-state index is 2.77. The van der Waals surface area contributed by atoms with Gasteiger partial charge in [-0.05, 0) is 54.0 Å². The highest BCUT2D eigenvalue weighted by Gasteiger charge is 2.53. The third-order valence-corrected chi connectivity index (χ3v) is 12.7. The topological polar surface area (TPSA) is 0 Å². The molecule has 0 atom stereocenters. The second kappa shape index (κ2) is 8.63. The molecule has 0 aromatic carbocycles. The zero-order chi connectivity index (χ0) is 17.8. The van der Waals surface area contributed by atoms with E-state index in [0.717, 1.165) is 0 Å². The van der Waals surface area contributed by atoms with Gasteiger partial charge in [-0.2, -0.15) is 0 Å². The van der Waals surface area contributed by atoms with Gasteiger partial charge >= 0.3 is 0 Å². The first kappa shape index (κ1) is 20.2. The molecule has 0 aliphatic heterocycles. The summed E-state index contributed by atoms with van der Waals surface area (Å²) >= 11 is 0. The molecule has 0 amide bonds. The van der Waals surface area contributed by atoms with E-state index < -0.39 is 0 Å². The summed E-state index contributed by atoms with van der Waals surface area (Å²) in [4.78, 5) is 0. The molecule has 0 nitrogen and oxygen atoms in total. The zero-order valence-electron chi connectivity index (χ0n) is 17.7. The second-order valence-electron chi connectivity index (χ2n) is 10.6. The second-order valence-corrected chi connectivity index (χ2v) is 14.5. The van der Waals surface area contributed by atoms with Gasteiger partial charge in [-0.3, -0.25) is 0 Å². The molecule has 0 radical (unpaired) electrons. The van der Waals surface area contributed by atoms with Gasteiger partial charge in [0.1, 0.15) is 0 Å². The molecule has 0 spiro atoms. The molecular formula is C24H45P. The lowest BCUT2D eigenvalue weighted by Crippen LogP contribution is -2.43. The summed E-state index contributed by atoms with van der Waals surface area (Å²) in [5, 5.41) is 2.01. The van der Waals surface area contributed by atoms with Gasteiger partial charge in [-0.25, -0.2) is 0 Å².